The van der Waals surface area contributed by atoms with Crippen molar-refractivity contribution in [3.05, 3.63) is 93.6 Å². The van der Waals surface area contributed by atoms with Gasteiger partial charge in [-0.05, 0) is 55.5 Å². The average Bonchev–Trinajstić information content (AvgIpc) is 3.52. The Morgan fingerprint density at radius 2 is 1.87 bits per heavy atom. The molecule has 0 bridgehead atoms. The highest BCUT2D eigenvalue weighted by molar-refractivity contribution is 6.36. The van der Waals surface area contributed by atoms with Gasteiger partial charge in [0.2, 0.25) is 11.8 Å². The van der Waals surface area contributed by atoms with E-state index in [1.807, 2.05) is 29.1 Å². The summed E-state index contributed by atoms with van der Waals surface area (Å²) in [5.74, 6) is -0.778. The van der Waals surface area contributed by atoms with Crippen LogP contribution in [-0.4, -0.2) is 44.6 Å². The van der Waals surface area contributed by atoms with Crippen LogP contribution in [0, 0.1) is 5.82 Å². The number of hydrogen-bond acceptors (Lipinski definition) is 7. The van der Waals surface area contributed by atoms with Gasteiger partial charge in [-0.2, -0.15) is 5.10 Å². The van der Waals surface area contributed by atoms with Gasteiger partial charge in [-0.25, -0.2) is 9.37 Å². The molecule has 4 heterocycles. The highest BCUT2D eigenvalue weighted by Gasteiger charge is 2.30. The van der Waals surface area contributed by atoms with Gasteiger partial charge in [0.1, 0.15) is 11.9 Å². The van der Waals surface area contributed by atoms with Crippen molar-refractivity contribution in [3.8, 4) is 16.9 Å². The molecular weight excluding hydrogens is 618 g/mol. The molecule has 2 aliphatic heterocycles. The SMILES string of the molecule is C[C@@H](Oc1cc(-c2cnn(C3CCN(Cc4ccccc4C4CCC(=O)NC4=O)CC3)c2)cnc1N)c1c(Cl)ccc(F)c1Cl. The maximum absolute atomic E-state index is 14.1. The number of anilines is 1. The molecule has 1 unspecified atom stereocenters. The number of rotatable bonds is 8. The van der Waals surface area contributed by atoms with Gasteiger partial charge in [0.15, 0.2) is 11.6 Å². The van der Waals surface area contributed by atoms with Crippen molar-refractivity contribution in [3.63, 3.8) is 0 Å². The number of benzene rings is 2. The van der Waals surface area contributed by atoms with E-state index in [0.717, 1.165) is 54.7 Å². The molecule has 12 heteroatoms. The third-order valence-electron chi connectivity index (χ3n) is 8.60. The summed E-state index contributed by atoms with van der Waals surface area (Å²) in [4.78, 5) is 30.9. The molecule has 2 aromatic heterocycles. The zero-order valence-electron chi connectivity index (χ0n) is 24.7. The molecule has 2 atom stereocenters. The molecule has 2 aromatic carbocycles. The van der Waals surface area contributed by atoms with E-state index in [1.165, 1.54) is 12.1 Å². The first-order valence-corrected chi connectivity index (χ1v) is 15.7. The van der Waals surface area contributed by atoms with E-state index >= 15 is 0 Å². The monoisotopic (exact) mass is 650 g/mol. The van der Waals surface area contributed by atoms with Crippen molar-refractivity contribution >= 4 is 40.8 Å². The summed E-state index contributed by atoms with van der Waals surface area (Å²) < 4.78 is 22.1. The second kappa shape index (κ2) is 13.2. The zero-order chi connectivity index (χ0) is 31.7. The van der Waals surface area contributed by atoms with Gasteiger partial charge < -0.3 is 10.5 Å². The predicted octanol–water partition coefficient (Wildman–Crippen LogP) is 6.47. The largest absolute Gasteiger partial charge is 0.482 e. The Kier molecular flexibility index (Phi) is 9.07. The number of nitrogens with two attached hydrogens (primary N) is 1. The first kappa shape index (κ1) is 31.0. The van der Waals surface area contributed by atoms with E-state index in [1.54, 1.807) is 25.4 Å². The average molecular weight is 652 g/mol. The molecule has 9 nitrogen and oxygen atoms in total. The van der Waals surface area contributed by atoms with Crippen LogP contribution in [0.15, 0.2) is 61.1 Å². The first-order chi connectivity index (χ1) is 21.7. The number of carbonyl (C=O) groups is 2. The standard InChI is InChI=1S/C33H33Cl2FN6O3/c1-19(30-26(34)7-8-27(36)31(30)35)45-28-14-21(15-38-32(28)37)22-16-39-42(18-22)23-10-12-41(13-11-23)17-20-4-2-3-5-24(20)25-6-9-29(43)40-33(25)44/h2-5,7-8,14-16,18-19,23,25H,6,9-13,17H2,1H3,(H2,37,38)(H,40,43,44)/t19-,25?/m1/s1. The number of nitrogens with zero attached hydrogens (tertiary/aromatic N) is 4. The Labute approximate surface area is 270 Å². The molecule has 234 valence electrons. The molecule has 0 aliphatic carbocycles. The number of ether oxygens (including phenoxy) is 1. The summed E-state index contributed by atoms with van der Waals surface area (Å²) in [7, 11) is 0. The van der Waals surface area contributed by atoms with Crippen molar-refractivity contribution in [1.29, 1.82) is 0 Å². The van der Waals surface area contributed by atoms with Crippen LogP contribution in [0.1, 0.15) is 67.4 Å². The lowest BCUT2D eigenvalue weighted by molar-refractivity contribution is -0.134. The lowest BCUT2D eigenvalue weighted by Crippen LogP contribution is -2.40. The maximum Gasteiger partial charge on any atom is 0.234 e. The van der Waals surface area contributed by atoms with Crippen LogP contribution in [0.2, 0.25) is 10.0 Å². The van der Waals surface area contributed by atoms with Gasteiger partial charge in [0, 0.05) is 60.2 Å². The Balaban J connectivity index is 1.10. The highest BCUT2D eigenvalue weighted by atomic mass is 35.5. The van der Waals surface area contributed by atoms with Crippen LogP contribution in [0.4, 0.5) is 10.2 Å². The summed E-state index contributed by atoms with van der Waals surface area (Å²) in [6, 6.07) is 12.7. The molecular formula is C33H33Cl2FN6O3. The fourth-order valence-corrected chi connectivity index (χ4v) is 6.83. The highest BCUT2D eigenvalue weighted by Crippen LogP contribution is 2.37. The van der Waals surface area contributed by atoms with E-state index in [0.29, 0.717) is 29.2 Å². The molecule has 6 rings (SSSR count). The van der Waals surface area contributed by atoms with Crippen LogP contribution < -0.4 is 15.8 Å². The molecule has 2 amide bonds. The van der Waals surface area contributed by atoms with Gasteiger partial charge in [-0.3, -0.25) is 24.5 Å². The first-order valence-electron chi connectivity index (χ1n) is 14.9. The summed E-state index contributed by atoms with van der Waals surface area (Å²) in [6.07, 6.45) is 7.52. The van der Waals surface area contributed by atoms with Crippen molar-refractivity contribution in [2.24, 2.45) is 0 Å². The van der Waals surface area contributed by atoms with Crippen molar-refractivity contribution in [2.75, 3.05) is 18.8 Å². The number of carbonyl (C=O) groups excluding carboxylic acids is 2. The fourth-order valence-electron chi connectivity index (χ4n) is 6.15. The second-order valence-electron chi connectivity index (χ2n) is 11.5. The van der Waals surface area contributed by atoms with Gasteiger partial charge in [-0.15, -0.1) is 0 Å². The summed E-state index contributed by atoms with van der Waals surface area (Å²) in [5, 5.41) is 7.34. The minimum atomic E-state index is -0.677. The van der Waals surface area contributed by atoms with Gasteiger partial charge in [0.05, 0.1) is 23.2 Å². The van der Waals surface area contributed by atoms with Crippen LogP contribution in [0.25, 0.3) is 11.1 Å². The third kappa shape index (κ3) is 6.68. The minimum absolute atomic E-state index is 0.0940. The summed E-state index contributed by atoms with van der Waals surface area (Å²) >= 11 is 12.5. The summed E-state index contributed by atoms with van der Waals surface area (Å²) in [6.45, 7) is 4.23. The molecule has 2 aliphatic rings. The third-order valence-corrected chi connectivity index (χ3v) is 9.31. The van der Waals surface area contributed by atoms with Crippen LogP contribution in [0.3, 0.4) is 0 Å². The summed E-state index contributed by atoms with van der Waals surface area (Å²) in [5.41, 5.74) is 10.2. The molecule has 4 aromatic rings. The number of likely N-dealkylation sites (tertiary alicyclic amines) is 1. The minimum Gasteiger partial charge on any atom is -0.482 e. The molecule has 2 saturated heterocycles. The van der Waals surface area contributed by atoms with Crippen LogP contribution >= 0.6 is 23.2 Å². The fraction of sp³-hybridized carbons (Fsp3) is 0.333. The predicted molar refractivity (Wildman–Crippen MR) is 170 cm³/mol. The van der Waals surface area contributed by atoms with E-state index in [-0.39, 0.29) is 34.6 Å². The quantitative estimate of drug-likeness (QED) is 0.166. The van der Waals surface area contributed by atoms with E-state index in [4.69, 9.17) is 33.7 Å². The van der Waals surface area contributed by atoms with Gasteiger partial charge in [0.25, 0.3) is 0 Å². The van der Waals surface area contributed by atoms with Crippen LogP contribution in [0.5, 0.6) is 5.75 Å². The molecule has 0 radical (unpaired) electrons. The lowest BCUT2D eigenvalue weighted by Gasteiger charge is -2.33. The van der Waals surface area contributed by atoms with E-state index in [2.05, 4.69) is 26.4 Å². The normalized spacial score (nSPS) is 18.5. The Morgan fingerprint density at radius 1 is 1.09 bits per heavy atom. The smallest absolute Gasteiger partial charge is 0.234 e. The zero-order valence-corrected chi connectivity index (χ0v) is 26.2. The number of amides is 2. The van der Waals surface area contributed by atoms with Crippen LogP contribution in [-0.2, 0) is 16.1 Å². The Hall–Kier alpha value is -3.99. The number of piperidine rings is 2. The van der Waals surface area contributed by atoms with Crippen molar-refractivity contribution in [2.45, 2.75) is 57.2 Å². The maximum atomic E-state index is 14.1. The number of pyridine rings is 1. The lowest BCUT2D eigenvalue weighted by atomic mass is 9.87. The molecule has 0 saturated carbocycles. The molecule has 45 heavy (non-hydrogen) atoms. The van der Waals surface area contributed by atoms with Gasteiger partial charge >= 0.3 is 0 Å². The molecule has 2 fully saturated rings. The number of hydrogen-bond donors (Lipinski definition) is 2. The number of imide groups is 1. The number of nitrogen functional groups attached to an aromatic ring is 1. The van der Waals surface area contributed by atoms with E-state index < -0.39 is 11.9 Å². The number of halogens is 3. The van der Waals surface area contributed by atoms with Gasteiger partial charge in [-0.1, -0.05) is 47.5 Å². The molecule has 0 spiro atoms. The van der Waals surface area contributed by atoms with Crippen molar-refractivity contribution in [1.82, 2.24) is 25.0 Å². The number of aromatic nitrogens is 3. The number of nitrogens with one attached hydrogen (secondary N) is 1. The van der Waals surface area contributed by atoms with Crippen molar-refractivity contribution < 1.29 is 18.7 Å². The Morgan fingerprint density at radius 3 is 2.64 bits per heavy atom. The molecule has 3 N–H and O–H groups in total. The van der Waals surface area contributed by atoms with E-state index in [9.17, 15) is 14.0 Å². The topological polar surface area (TPSA) is 115 Å². The Bertz CT molecular complexity index is 1740. The second-order valence-corrected chi connectivity index (χ2v) is 12.3.